The van der Waals surface area contributed by atoms with Crippen LogP contribution < -0.4 is 0 Å². The topological polar surface area (TPSA) is 79.5 Å². The van der Waals surface area contributed by atoms with Gasteiger partial charge in [-0.15, -0.1) is 12.4 Å². The van der Waals surface area contributed by atoms with Gasteiger partial charge >= 0.3 is 5.97 Å². The molecule has 0 aliphatic carbocycles. The number of piperidine rings is 1. The highest BCUT2D eigenvalue weighted by Gasteiger charge is 2.29. The lowest BCUT2D eigenvalue weighted by molar-refractivity contribution is -0.145. The monoisotopic (exact) mass is 341 g/mol. The smallest absolute Gasteiger partial charge is 0.320 e. The van der Waals surface area contributed by atoms with Crippen LogP contribution in [0.2, 0.25) is 0 Å². The molecule has 1 aliphatic heterocycles. The van der Waals surface area contributed by atoms with Gasteiger partial charge in [0.2, 0.25) is 11.7 Å². The van der Waals surface area contributed by atoms with Gasteiger partial charge in [-0.3, -0.25) is 9.69 Å². The first kappa shape index (κ1) is 17.4. The van der Waals surface area contributed by atoms with Crippen molar-refractivity contribution < 1.29 is 18.8 Å². The van der Waals surface area contributed by atoms with Crippen LogP contribution in [0.3, 0.4) is 0 Å². The molecular weight excluding hydrogens is 325 g/mol. The molecule has 124 valence electrons. The highest BCUT2D eigenvalue weighted by Crippen LogP contribution is 2.21. The van der Waals surface area contributed by atoms with Crippen LogP contribution in [0.1, 0.15) is 25.2 Å². The van der Waals surface area contributed by atoms with Crippen molar-refractivity contribution in [3.8, 4) is 11.4 Å². The van der Waals surface area contributed by atoms with E-state index in [4.69, 9.17) is 4.52 Å². The number of nitrogens with zero attached hydrogens (tertiary/aromatic N) is 3. The maximum absolute atomic E-state index is 12.9. The number of halogens is 2. The van der Waals surface area contributed by atoms with Gasteiger partial charge in [0.1, 0.15) is 11.9 Å². The zero-order valence-electron chi connectivity index (χ0n) is 12.3. The maximum Gasteiger partial charge on any atom is 0.320 e. The Morgan fingerprint density at radius 3 is 2.78 bits per heavy atom. The van der Waals surface area contributed by atoms with Crippen LogP contribution in [0.5, 0.6) is 0 Å². The van der Waals surface area contributed by atoms with Crippen LogP contribution in [0.15, 0.2) is 28.8 Å². The van der Waals surface area contributed by atoms with Crippen molar-refractivity contribution in [3.05, 3.63) is 36.0 Å². The van der Waals surface area contributed by atoms with E-state index in [1.807, 2.05) is 4.90 Å². The van der Waals surface area contributed by atoms with Crippen molar-refractivity contribution in [1.29, 1.82) is 0 Å². The number of carboxylic acid groups (broad SMARTS) is 1. The molecule has 1 atom stereocenters. The minimum atomic E-state index is -0.821. The molecule has 1 unspecified atom stereocenters. The molecule has 2 aromatic rings. The SMILES string of the molecule is Cl.O=C(O)C1CCCCN1Cc1nc(-c2ccc(F)cc2)no1. The summed E-state index contributed by atoms with van der Waals surface area (Å²) in [5.41, 5.74) is 0.657. The van der Waals surface area contributed by atoms with Gasteiger partial charge in [0, 0.05) is 5.56 Å². The second-order valence-electron chi connectivity index (χ2n) is 5.34. The quantitative estimate of drug-likeness (QED) is 0.921. The second-order valence-corrected chi connectivity index (χ2v) is 5.34. The van der Waals surface area contributed by atoms with Crippen LogP contribution in [0, 0.1) is 5.82 Å². The Balaban J connectivity index is 0.00000192. The van der Waals surface area contributed by atoms with Crippen molar-refractivity contribution in [2.24, 2.45) is 0 Å². The van der Waals surface area contributed by atoms with Crippen molar-refractivity contribution in [3.63, 3.8) is 0 Å². The fourth-order valence-corrected chi connectivity index (χ4v) is 2.67. The Labute approximate surface area is 138 Å². The number of hydrogen-bond donors (Lipinski definition) is 1. The molecule has 0 amide bonds. The third-order valence-corrected chi connectivity index (χ3v) is 3.81. The van der Waals surface area contributed by atoms with Crippen LogP contribution in [-0.4, -0.2) is 38.7 Å². The minimum absolute atomic E-state index is 0. The largest absolute Gasteiger partial charge is 0.480 e. The molecule has 8 heteroatoms. The molecule has 0 radical (unpaired) electrons. The summed E-state index contributed by atoms with van der Waals surface area (Å²) in [7, 11) is 0. The number of rotatable bonds is 4. The lowest BCUT2D eigenvalue weighted by Crippen LogP contribution is -2.44. The van der Waals surface area contributed by atoms with Crippen molar-refractivity contribution in [2.45, 2.75) is 31.8 Å². The van der Waals surface area contributed by atoms with Gasteiger partial charge in [0.15, 0.2) is 0 Å². The first-order chi connectivity index (χ1) is 10.6. The molecule has 1 aliphatic rings. The van der Waals surface area contributed by atoms with Crippen LogP contribution in [0.25, 0.3) is 11.4 Å². The number of likely N-dealkylation sites (tertiary alicyclic amines) is 1. The normalized spacial score (nSPS) is 18.4. The van der Waals surface area contributed by atoms with Crippen LogP contribution >= 0.6 is 12.4 Å². The number of aromatic nitrogens is 2. The molecule has 0 bridgehead atoms. The summed E-state index contributed by atoms with van der Waals surface area (Å²) in [6.07, 6.45) is 2.51. The van der Waals surface area contributed by atoms with E-state index in [2.05, 4.69) is 10.1 Å². The number of carbonyl (C=O) groups is 1. The van der Waals surface area contributed by atoms with Crippen molar-refractivity contribution in [2.75, 3.05) is 6.54 Å². The average Bonchev–Trinajstić information content (AvgIpc) is 2.97. The zero-order chi connectivity index (χ0) is 15.5. The Hall–Kier alpha value is -1.99. The van der Waals surface area contributed by atoms with E-state index in [0.29, 0.717) is 36.8 Å². The minimum Gasteiger partial charge on any atom is -0.480 e. The van der Waals surface area contributed by atoms with E-state index < -0.39 is 12.0 Å². The van der Waals surface area contributed by atoms with E-state index in [1.54, 1.807) is 12.1 Å². The van der Waals surface area contributed by atoms with Gasteiger partial charge in [-0.05, 0) is 43.7 Å². The number of hydrogen-bond acceptors (Lipinski definition) is 5. The first-order valence-corrected chi connectivity index (χ1v) is 7.19. The van der Waals surface area contributed by atoms with Gasteiger partial charge in [-0.25, -0.2) is 4.39 Å². The van der Waals surface area contributed by atoms with Crippen LogP contribution in [0.4, 0.5) is 4.39 Å². The highest BCUT2D eigenvalue weighted by molar-refractivity contribution is 5.85. The molecular formula is C15H17ClFN3O3. The summed E-state index contributed by atoms with van der Waals surface area (Å²) in [4.78, 5) is 17.4. The molecule has 1 saturated heterocycles. The predicted molar refractivity (Wildman–Crippen MR) is 82.6 cm³/mol. The maximum atomic E-state index is 12.9. The van der Waals surface area contributed by atoms with Gasteiger partial charge in [-0.2, -0.15) is 4.98 Å². The molecule has 6 nitrogen and oxygen atoms in total. The van der Waals surface area contributed by atoms with Crippen molar-refractivity contribution in [1.82, 2.24) is 15.0 Å². The van der Waals surface area contributed by atoms with E-state index in [9.17, 15) is 14.3 Å². The van der Waals surface area contributed by atoms with Gasteiger partial charge in [0.25, 0.3) is 0 Å². The zero-order valence-corrected chi connectivity index (χ0v) is 13.1. The Morgan fingerprint density at radius 1 is 1.35 bits per heavy atom. The summed E-state index contributed by atoms with van der Waals surface area (Å²) in [5, 5.41) is 13.1. The van der Waals surface area contributed by atoms with Crippen molar-refractivity contribution >= 4 is 18.4 Å². The Kier molecular flexibility index (Phi) is 5.68. The molecule has 3 rings (SSSR count). The summed E-state index contributed by atoms with van der Waals surface area (Å²) in [6.45, 7) is 1.01. The molecule has 1 aromatic carbocycles. The van der Waals surface area contributed by atoms with Crippen LogP contribution in [-0.2, 0) is 11.3 Å². The standard InChI is InChI=1S/C15H16FN3O3.ClH/c16-11-6-4-10(5-7-11)14-17-13(22-18-14)9-19-8-2-1-3-12(19)15(20)21;/h4-7,12H,1-3,8-9H2,(H,20,21);1H. The van der Waals surface area contributed by atoms with E-state index in [1.165, 1.54) is 12.1 Å². The summed E-state index contributed by atoms with van der Waals surface area (Å²) in [5.74, 6) is -0.408. The molecule has 23 heavy (non-hydrogen) atoms. The Bertz CT molecular complexity index is 662. The highest BCUT2D eigenvalue weighted by atomic mass is 35.5. The molecule has 1 fully saturated rings. The molecule has 2 heterocycles. The van der Waals surface area contributed by atoms with Gasteiger partial charge in [0.05, 0.1) is 6.54 Å². The number of aliphatic carboxylic acids is 1. The lowest BCUT2D eigenvalue weighted by Gasteiger charge is -2.31. The Morgan fingerprint density at radius 2 is 2.09 bits per heavy atom. The van der Waals surface area contributed by atoms with E-state index in [0.717, 1.165) is 12.8 Å². The molecule has 1 N–H and O–H groups in total. The van der Waals surface area contributed by atoms with Gasteiger partial charge in [-0.1, -0.05) is 11.6 Å². The fraction of sp³-hybridized carbons (Fsp3) is 0.400. The third kappa shape index (κ3) is 4.05. The number of benzene rings is 1. The lowest BCUT2D eigenvalue weighted by atomic mass is 10.0. The fourth-order valence-electron chi connectivity index (χ4n) is 2.67. The summed E-state index contributed by atoms with van der Waals surface area (Å²) < 4.78 is 18.1. The summed E-state index contributed by atoms with van der Waals surface area (Å²) in [6, 6.07) is 5.30. The molecule has 0 spiro atoms. The molecule has 1 aromatic heterocycles. The second kappa shape index (κ2) is 7.52. The van der Waals surface area contributed by atoms with E-state index >= 15 is 0 Å². The first-order valence-electron chi connectivity index (χ1n) is 7.19. The van der Waals surface area contributed by atoms with E-state index in [-0.39, 0.29) is 18.2 Å². The molecule has 0 saturated carbocycles. The summed E-state index contributed by atoms with van der Waals surface area (Å²) >= 11 is 0. The van der Waals surface area contributed by atoms with Gasteiger partial charge < -0.3 is 9.63 Å². The third-order valence-electron chi connectivity index (χ3n) is 3.81. The average molecular weight is 342 g/mol. The predicted octanol–water partition coefficient (Wildman–Crippen LogP) is 2.74. The number of carboxylic acids is 1.